The fraction of sp³-hybridized carbons (Fsp3) is 0.222. The minimum absolute atomic E-state index is 0.632. The summed E-state index contributed by atoms with van der Waals surface area (Å²) in [5.41, 5.74) is 1.88. The van der Waals surface area contributed by atoms with Crippen LogP contribution in [0.4, 0.5) is 5.69 Å². The molecule has 1 aliphatic heterocycles. The van der Waals surface area contributed by atoms with Crippen LogP contribution in [0, 0.1) is 0 Å². The second-order valence-corrected chi connectivity index (χ2v) is 8.79. The highest BCUT2D eigenvalue weighted by Gasteiger charge is 2.12. The molecule has 0 bridgehead atoms. The Kier molecular flexibility index (Phi) is 5.88. The molecule has 0 radical (unpaired) electrons. The number of aromatic nitrogens is 1. The van der Waals surface area contributed by atoms with E-state index in [1.165, 1.54) is 4.90 Å². The number of halogens is 2. The van der Waals surface area contributed by atoms with Crippen molar-refractivity contribution in [2.24, 2.45) is 0 Å². The fourth-order valence-electron chi connectivity index (χ4n) is 2.82. The molecule has 4 nitrogen and oxygen atoms in total. The molecule has 4 rings (SSSR count). The summed E-state index contributed by atoms with van der Waals surface area (Å²) < 4.78 is 5.79. The molecular formula is C18H18Cl2N4S2. The van der Waals surface area contributed by atoms with Gasteiger partial charge in [-0.05, 0) is 60.3 Å². The predicted octanol–water partition coefficient (Wildman–Crippen LogP) is 5.51. The van der Waals surface area contributed by atoms with Crippen LogP contribution in [0.3, 0.4) is 0 Å². The summed E-state index contributed by atoms with van der Waals surface area (Å²) in [6.45, 7) is 4.27. The molecule has 2 aromatic carbocycles. The minimum Gasteiger partial charge on any atom is -0.358 e. The van der Waals surface area contributed by atoms with Gasteiger partial charge < -0.3 is 15.0 Å². The largest absolute Gasteiger partial charge is 0.358 e. The van der Waals surface area contributed by atoms with Gasteiger partial charge in [-0.3, -0.25) is 0 Å². The molecule has 0 atom stereocenters. The first-order valence-corrected chi connectivity index (χ1v) is 10.7. The Labute approximate surface area is 171 Å². The minimum atomic E-state index is 0.632. The first kappa shape index (κ1) is 18.3. The van der Waals surface area contributed by atoms with Gasteiger partial charge in [0.25, 0.3) is 0 Å². The van der Waals surface area contributed by atoms with Gasteiger partial charge in [0.15, 0.2) is 0 Å². The number of rotatable bonds is 5. The van der Waals surface area contributed by atoms with Crippen LogP contribution in [0.15, 0.2) is 52.4 Å². The molecule has 1 saturated heterocycles. The highest BCUT2D eigenvalue weighted by molar-refractivity contribution is 8.00. The van der Waals surface area contributed by atoms with E-state index in [2.05, 4.69) is 43.6 Å². The van der Waals surface area contributed by atoms with Gasteiger partial charge >= 0.3 is 0 Å². The normalized spacial score (nSPS) is 15.5. The molecule has 1 fully saturated rings. The third-order valence-corrected chi connectivity index (χ3v) is 6.70. The summed E-state index contributed by atoms with van der Waals surface area (Å²) in [4.78, 5) is 5.60. The van der Waals surface area contributed by atoms with Crippen molar-refractivity contribution in [2.75, 3.05) is 30.9 Å². The highest BCUT2D eigenvalue weighted by atomic mass is 35.5. The number of fused-ring (bicyclic) bond motifs is 1. The molecule has 1 aliphatic rings. The second kappa shape index (κ2) is 8.33. The summed E-state index contributed by atoms with van der Waals surface area (Å²) in [5.74, 6) is 0. The maximum Gasteiger partial charge on any atom is 0.0728 e. The molecule has 0 saturated carbocycles. The van der Waals surface area contributed by atoms with E-state index in [1.807, 2.05) is 24.1 Å². The number of piperazine rings is 1. The van der Waals surface area contributed by atoms with Crippen LogP contribution in [0.5, 0.6) is 0 Å². The van der Waals surface area contributed by atoms with Gasteiger partial charge in [-0.2, -0.15) is 0 Å². The topological polar surface area (TPSA) is 43.1 Å². The maximum absolute atomic E-state index is 6.24. The maximum atomic E-state index is 6.24. The summed E-state index contributed by atoms with van der Waals surface area (Å²) in [5, 5.41) is 5.50. The molecule has 26 heavy (non-hydrogen) atoms. The van der Waals surface area contributed by atoms with Crippen LogP contribution in [-0.4, -0.2) is 35.5 Å². The van der Waals surface area contributed by atoms with E-state index in [0.717, 1.165) is 47.7 Å². The lowest BCUT2D eigenvalue weighted by Gasteiger charge is -2.25. The van der Waals surface area contributed by atoms with E-state index >= 15 is 0 Å². The Morgan fingerprint density at radius 3 is 2.42 bits per heavy atom. The van der Waals surface area contributed by atoms with E-state index in [9.17, 15) is 0 Å². The van der Waals surface area contributed by atoms with Crippen molar-refractivity contribution >= 4 is 63.7 Å². The summed E-state index contributed by atoms with van der Waals surface area (Å²) >= 11 is 15.8. The third-order valence-electron chi connectivity index (χ3n) is 4.15. The first-order valence-electron chi connectivity index (χ1n) is 8.32. The lowest BCUT2D eigenvalue weighted by Crippen LogP contribution is -2.39. The number of H-pyrrole nitrogens is 1. The van der Waals surface area contributed by atoms with Crippen LogP contribution in [0.25, 0.3) is 10.9 Å². The van der Waals surface area contributed by atoms with Crippen LogP contribution in [0.1, 0.15) is 0 Å². The number of nitrogens with one attached hydrogen (secondary N) is 3. The molecule has 3 aromatic rings. The highest BCUT2D eigenvalue weighted by Crippen LogP contribution is 2.36. The average molecular weight is 425 g/mol. The second-order valence-electron chi connectivity index (χ2n) is 5.93. The van der Waals surface area contributed by atoms with Crippen molar-refractivity contribution < 1.29 is 0 Å². The zero-order valence-electron chi connectivity index (χ0n) is 13.9. The van der Waals surface area contributed by atoms with Crippen molar-refractivity contribution in [1.82, 2.24) is 14.6 Å². The van der Waals surface area contributed by atoms with Gasteiger partial charge in [0.2, 0.25) is 0 Å². The van der Waals surface area contributed by atoms with Gasteiger partial charge in [0, 0.05) is 47.6 Å². The standard InChI is InChI=1S/C18H18Cl2N4S2/c19-14-5-6-16(18-17(14)15(20)11-22-18)23-25-12-1-3-13(4-2-12)26-24-9-7-21-8-10-24/h1-6,11,21-23H,7-10H2. The fourth-order valence-corrected chi connectivity index (χ4v) is 4.97. The number of benzene rings is 2. The van der Waals surface area contributed by atoms with E-state index in [-0.39, 0.29) is 0 Å². The molecule has 2 heterocycles. The Morgan fingerprint density at radius 1 is 0.923 bits per heavy atom. The Balaban J connectivity index is 1.41. The van der Waals surface area contributed by atoms with Gasteiger partial charge in [-0.25, -0.2) is 4.31 Å². The van der Waals surface area contributed by atoms with Gasteiger partial charge in [-0.15, -0.1) is 0 Å². The van der Waals surface area contributed by atoms with Crippen molar-refractivity contribution in [1.29, 1.82) is 0 Å². The number of aromatic amines is 1. The van der Waals surface area contributed by atoms with E-state index < -0.39 is 0 Å². The van der Waals surface area contributed by atoms with Crippen LogP contribution in [-0.2, 0) is 0 Å². The van der Waals surface area contributed by atoms with Crippen molar-refractivity contribution in [3.63, 3.8) is 0 Å². The molecule has 136 valence electrons. The van der Waals surface area contributed by atoms with E-state index in [0.29, 0.717) is 10.0 Å². The van der Waals surface area contributed by atoms with Crippen molar-refractivity contribution in [3.05, 3.63) is 52.6 Å². The summed E-state index contributed by atoms with van der Waals surface area (Å²) in [7, 11) is 0. The van der Waals surface area contributed by atoms with E-state index in [4.69, 9.17) is 23.2 Å². The molecular weight excluding hydrogens is 407 g/mol. The van der Waals surface area contributed by atoms with Gasteiger partial charge in [0.05, 0.1) is 21.2 Å². The monoisotopic (exact) mass is 424 g/mol. The molecule has 0 spiro atoms. The molecule has 3 N–H and O–H groups in total. The molecule has 0 aliphatic carbocycles. The smallest absolute Gasteiger partial charge is 0.0728 e. The number of anilines is 1. The summed E-state index contributed by atoms with van der Waals surface area (Å²) in [6.07, 6.45) is 1.76. The van der Waals surface area contributed by atoms with Crippen LogP contribution < -0.4 is 10.0 Å². The SMILES string of the molecule is Clc1ccc(NSc2ccc(SN3CCNCC3)cc2)c2[nH]cc(Cl)c12. The van der Waals surface area contributed by atoms with Gasteiger partial charge in [0.1, 0.15) is 0 Å². The summed E-state index contributed by atoms with van der Waals surface area (Å²) in [6, 6.07) is 12.4. The first-order chi connectivity index (χ1) is 12.7. The third kappa shape index (κ3) is 4.11. The molecule has 1 aromatic heterocycles. The Bertz CT molecular complexity index is 892. The zero-order chi connectivity index (χ0) is 17.9. The van der Waals surface area contributed by atoms with Gasteiger partial charge in [-0.1, -0.05) is 23.2 Å². The molecule has 0 amide bonds. The number of hydrogen-bond acceptors (Lipinski definition) is 5. The lowest BCUT2D eigenvalue weighted by atomic mass is 10.2. The van der Waals surface area contributed by atoms with E-state index in [1.54, 1.807) is 18.1 Å². The predicted molar refractivity (Wildman–Crippen MR) is 115 cm³/mol. The Morgan fingerprint density at radius 2 is 1.65 bits per heavy atom. The quantitative estimate of drug-likeness (QED) is 0.471. The number of hydrogen-bond donors (Lipinski definition) is 3. The lowest BCUT2D eigenvalue weighted by molar-refractivity contribution is 0.396. The van der Waals surface area contributed by atoms with Crippen LogP contribution >= 0.6 is 47.1 Å². The van der Waals surface area contributed by atoms with Crippen molar-refractivity contribution in [2.45, 2.75) is 9.79 Å². The van der Waals surface area contributed by atoms with Crippen LogP contribution in [0.2, 0.25) is 10.0 Å². The average Bonchev–Trinajstić information content (AvgIpc) is 3.06. The zero-order valence-corrected chi connectivity index (χ0v) is 17.0. The Hall–Kier alpha value is -1.02. The molecule has 8 heteroatoms. The number of nitrogens with zero attached hydrogens (tertiary/aromatic N) is 1. The molecule has 0 unspecified atom stereocenters. The van der Waals surface area contributed by atoms with Crippen molar-refractivity contribution in [3.8, 4) is 0 Å².